The van der Waals surface area contributed by atoms with Gasteiger partial charge in [-0.15, -0.1) is 0 Å². The standard InChI is InChI=1S/C20H18FN5O2/c1-13(14-5-7-17(8-6-14)26-12-22-11-23-26)24-20(27)19-10-18(25-28-19)15-3-2-4-16(21)9-15/h2-9,11-13,19H,10H2,1H3,(H,24,27). The first-order valence-electron chi connectivity index (χ1n) is 8.84. The SMILES string of the molecule is CC(NC(=O)C1CC(c2cccc(F)c2)=NO1)c1ccc(-n2cncn2)cc1. The summed E-state index contributed by atoms with van der Waals surface area (Å²) < 4.78 is 15.0. The smallest absolute Gasteiger partial charge is 0.264 e. The van der Waals surface area contributed by atoms with E-state index >= 15 is 0 Å². The van der Waals surface area contributed by atoms with Crippen molar-refractivity contribution in [2.75, 3.05) is 0 Å². The van der Waals surface area contributed by atoms with Crippen molar-refractivity contribution in [3.63, 3.8) is 0 Å². The number of carbonyl (C=O) groups is 1. The quantitative estimate of drug-likeness (QED) is 0.739. The Morgan fingerprint density at radius 3 is 2.82 bits per heavy atom. The van der Waals surface area contributed by atoms with Gasteiger partial charge in [0.05, 0.1) is 17.4 Å². The summed E-state index contributed by atoms with van der Waals surface area (Å²) in [6, 6.07) is 13.5. The van der Waals surface area contributed by atoms with Crippen molar-refractivity contribution in [3.05, 3.63) is 78.1 Å². The first kappa shape index (κ1) is 17.8. The van der Waals surface area contributed by atoms with Crippen LogP contribution in [0.4, 0.5) is 4.39 Å². The molecular formula is C20H18FN5O2. The van der Waals surface area contributed by atoms with Crippen molar-refractivity contribution in [1.82, 2.24) is 20.1 Å². The summed E-state index contributed by atoms with van der Waals surface area (Å²) in [6.07, 6.45) is 2.66. The third kappa shape index (κ3) is 3.75. The molecule has 1 amide bonds. The number of halogens is 1. The molecule has 0 radical (unpaired) electrons. The van der Waals surface area contributed by atoms with Gasteiger partial charge in [0.2, 0.25) is 6.10 Å². The second kappa shape index (κ2) is 7.59. The first-order valence-corrected chi connectivity index (χ1v) is 8.84. The van der Waals surface area contributed by atoms with Crippen molar-refractivity contribution < 1.29 is 14.0 Å². The number of nitrogens with one attached hydrogen (secondary N) is 1. The number of hydrogen-bond acceptors (Lipinski definition) is 5. The van der Waals surface area contributed by atoms with E-state index in [9.17, 15) is 9.18 Å². The van der Waals surface area contributed by atoms with E-state index in [0.717, 1.165) is 11.3 Å². The molecule has 2 heterocycles. The van der Waals surface area contributed by atoms with Crippen molar-refractivity contribution in [3.8, 4) is 5.69 Å². The molecule has 0 spiro atoms. The molecule has 0 bridgehead atoms. The molecule has 0 saturated carbocycles. The third-order valence-corrected chi connectivity index (χ3v) is 4.55. The highest BCUT2D eigenvalue weighted by Gasteiger charge is 2.29. The van der Waals surface area contributed by atoms with Gasteiger partial charge in [-0.3, -0.25) is 4.79 Å². The van der Waals surface area contributed by atoms with Gasteiger partial charge in [-0.2, -0.15) is 5.10 Å². The fraction of sp³-hybridized carbons (Fsp3) is 0.200. The van der Waals surface area contributed by atoms with Gasteiger partial charge in [-0.1, -0.05) is 29.4 Å². The molecule has 7 nitrogen and oxygen atoms in total. The summed E-state index contributed by atoms with van der Waals surface area (Å²) in [5, 5.41) is 11.0. The Morgan fingerprint density at radius 2 is 2.11 bits per heavy atom. The maximum absolute atomic E-state index is 13.4. The molecular weight excluding hydrogens is 361 g/mol. The van der Waals surface area contributed by atoms with Crippen LogP contribution in [0.3, 0.4) is 0 Å². The van der Waals surface area contributed by atoms with Gasteiger partial charge >= 0.3 is 0 Å². The number of oxime groups is 1. The maximum atomic E-state index is 13.4. The second-order valence-electron chi connectivity index (χ2n) is 6.51. The van der Waals surface area contributed by atoms with E-state index in [2.05, 4.69) is 20.6 Å². The van der Waals surface area contributed by atoms with Crippen molar-refractivity contribution >= 4 is 11.6 Å². The number of amides is 1. The van der Waals surface area contributed by atoms with Crippen LogP contribution in [-0.2, 0) is 9.63 Å². The topological polar surface area (TPSA) is 81.4 Å². The van der Waals surface area contributed by atoms with Crippen molar-refractivity contribution in [2.45, 2.75) is 25.5 Å². The van der Waals surface area contributed by atoms with Gasteiger partial charge in [0.25, 0.3) is 5.91 Å². The van der Waals surface area contributed by atoms with E-state index in [-0.39, 0.29) is 17.8 Å². The van der Waals surface area contributed by atoms with E-state index in [1.54, 1.807) is 23.1 Å². The molecule has 2 unspecified atom stereocenters. The summed E-state index contributed by atoms with van der Waals surface area (Å²) in [7, 11) is 0. The van der Waals surface area contributed by atoms with Crippen LogP contribution in [0.15, 0.2) is 66.3 Å². The predicted octanol–water partition coefficient (Wildman–Crippen LogP) is 2.78. The van der Waals surface area contributed by atoms with Gasteiger partial charge < -0.3 is 10.2 Å². The summed E-state index contributed by atoms with van der Waals surface area (Å²) in [6.45, 7) is 1.89. The minimum Gasteiger partial charge on any atom is -0.382 e. The van der Waals surface area contributed by atoms with E-state index in [1.165, 1.54) is 18.5 Å². The van der Waals surface area contributed by atoms with Gasteiger partial charge in [0, 0.05) is 12.0 Å². The molecule has 2 aromatic carbocycles. The molecule has 0 fully saturated rings. The number of rotatable bonds is 5. The van der Waals surface area contributed by atoms with Crippen molar-refractivity contribution in [1.29, 1.82) is 0 Å². The van der Waals surface area contributed by atoms with E-state index in [0.29, 0.717) is 17.7 Å². The number of hydrogen-bond donors (Lipinski definition) is 1. The molecule has 142 valence electrons. The van der Waals surface area contributed by atoms with Crippen LogP contribution in [0.2, 0.25) is 0 Å². The van der Waals surface area contributed by atoms with Crippen LogP contribution in [0.25, 0.3) is 5.69 Å². The summed E-state index contributed by atoms with van der Waals surface area (Å²) in [5.41, 5.74) is 3.00. The predicted molar refractivity (Wildman–Crippen MR) is 100 cm³/mol. The molecule has 4 rings (SSSR count). The second-order valence-corrected chi connectivity index (χ2v) is 6.51. The average Bonchev–Trinajstić information content (AvgIpc) is 3.40. The van der Waals surface area contributed by atoms with Crippen LogP contribution in [-0.4, -0.2) is 32.5 Å². The largest absolute Gasteiger partial charge is 0.382 e. The molecule has 1 N–H and O–H groups in total. The highest BCUT2D eigenvalue weighted by atomic mass is 19.1. The number of benzene rings is 2. The van der Waals surface area contributed by atoms with Crippen LogP contribution in [0.5, 0.6) is 0 Å². The highest BCUT2D eigenvalue weighted by molar-refractivity contribution is 6.04. The van der Waals surface area contributed by atoms with Crippen LogP contribution >= 0.6 is 0 Å². The van der Waals surface area contributed by atoms with Gasteiger partial charge in [0.15, 0.2) is 0 Å². The fourth-order valence-electron chi connectivity index (χ4n) is 3.00. The Bertz CT molecular complexity index is 1000. The Balaban J connectivity index is 1.36. The normalized spacial score (nSPS) is 16.9. The lowest BCUT2D eigenvalue weighted by Crippen LogP contribution is -2.36. The average molecular weight is 379 g/mol. The van der Waals surface area contributed by atoms with Gasteiger partial charge in [-0.25, -0.2) is 14.1 Å². The Labute approximate surface area is 160 Å². The lowest BCUT2D eigenvalue weighted by molar-refractivity contribution is -0.131. The fourth-order valence-corrected chi connectivity index (χ4v) is 3.00. The third-order valence-electron chi connectivity index (χ3n) is 4.55. The molecule has 1 aliphatic heterocycles. The van der Waals surface area contributed by atoms with E-state index < -0.39 is 6.10 Å². The van der Waals surface area contributed by atoms with Gasteiger partial charge in [0.1, 0.15) is 18.5 Å². The zero-order chi connectivity index (χ0) is 19.5. The molecule has 8 heteroatoms. The molecule has 1 aromatic heterocycles. The van der Waals surface area contributed by atoms with Crippen LogP contribution < -0.4 is 5.32 Å². The molecule has 1 aliphatic rings. The first-order chi connectivity index (χ1) is 13.6. The minimum absolute atomic E-state index is 0.209. The Kier molecular flexibility index (Phi) is 4.84. The monoisotopic (exact) mass is 379 g/mol. The zero-order valence-corrected chi connectivity index (χ0v) is 15.1. The molecule has 0 aliphatic carbocycles. The molecule has 0 saturated heterocycles. The van der Waals surface area contributed by atoms with Crippen LogP contribution in [0.1, 0.15) is 30.5 Å². The Morgan fingerprint density at radius 1 is 1.29 bits per heavy atom. The summed E-state index contributed by atoms with van der Waals surface area (Å²) in [4.78, 5) is 21.7. The van der Waals surface area contributed by atoms with Crippen LogP contribution in [0, 0.1) is 5.82 Å². The lowest BCUT2D eigenvalue weighted by Gasteiger charge is -2.17. The van der Waals surface area contributed by atoms with E-state index in [1.807, 2.05) is 31.2 Å². The van der Waals surface area contributed by atoms with Gasteiger partial charge in [-0.05, 0) is 36.8 Å². The lowest BCUT2D eigenvalue weighted by atomic mass is 10.0. The summed E-state index contributed by atoms with van der Waals surface area (Å²) >= 11 is 0. The maximum Gasteiger partial charge on any atom is 0.264 e. The summed E-state index contributed by atoms with van der Waals surface area (Å²) in [5.74, 6) is -0.612. The molecule has 3 aromatic rings. The highest BCUT2D eigenvalue weighted by Crippen LogP contribution is 2.20. The number of carbonyl (C=O) groups excluding carboxylic acids is 1. The number of aromatic nitrogens is 3. The zero-order valence-electron chi connectivity index (χ0n) is 15.1. The minimum atomic E-state index is -0.727. The molecule has 28 heavy (non-hydrogen) atoms. The van der Waals surface area contributed by atoms with E-state index in [4.69, 9.17) is 4.84 Å². The molecule has 2 atom stereocenters. The Hall–Kier alpha value is -3.55. The number of nitrogens with zero attached hydrogens (tertiary/aromatic N) is 4. The van der Waals surface area contributed by atoms with Crippen molar-refractivity contribution in [2.24, 2.45) is 5.16 Å².